The molecule has 188 valence electrons. The number of rotatable bonds is 4. The Kier molecular flexibility index (Phi) is 5.36. The smallest absolute Gasteiger partial charge is 0.329 e. The van der Waals surface area contributed by atoms with E-state index in [0.717, 1.165) is 62.3 Å². The van der Waals surface area contributed by atoms with Gasteiger partial charge in [-0.25, -0.2) is 9.78 Å². The Hall–Kier alpha value is -3.66. The minimum atomic E-state index is -0.670. The first-order valence-corrected chi connectivity index (χ1v) is 12.5. The quantitative estimate of drug-likeness (QED) is 0.532. The summed E-state index contributed by atoms with van der Waals surface area (Å²) < 4.78 is 3.20. The van der Waals surface area contributed by atoms with Crippen LogP contribution in [-0.2, 0) is 23.2 Å². The lowest BCUT2D eigenvalue weighted by molar-refractivity contribution is -0.135. The van der Waals surface area contributed by atoms with Crippen molar-refractivity contribution in [3.63, 3.8) is 0 Å². The molecule has 3 aliphatic rings. The highest BCUT2D eigenvalue weighted by Gasteiger charge is 2.45. The number of nitrogens with two attached hydrogens (primary N) is 1. The molecule has 1 spiro atoms. The van der Waals surface area contributed by atoms with Crippen LogP contribution in [0.25, 0.3) is 11.0 Å². The maximum absolute atomic E-state index is 13.2. The summed E-state index contributed by atoms with van der Waals surface area (Å²) >= 11 is 0. The molecule has 0 saturated carbocycles. The maximum atomic E-state index is 13.2. The van der Waals surface area contributed by atoms with Crippen molar-refractivity contribution in [3.05, 3.63) is 52.6 Å². The number of imidazole rings is 1. The third kappa shape index (κ3) is 3.76. The fraction of sp³-hybridized carbons (Fsp3) is 0.462. The third-order valence-corrected chi connectivity index (χ3v) is 8.14. The number of hydrogen-bond donors (Lipinski definition) is 2. The van der Waals surface area contributed by atoms with Crippen molar-refractivity contribution >= 4 is 34.4 Å². The molecule has 10 heteroatoms. The van der Waals surface area contributed by atoms with Crippen LogP contribution in [-0.4, -0.2) is 57.0 Å². The number of aryl methyl sites for hydroxylation is 1. The van der Waals surface area contributed by atoms with E-state index in [2.05, 4.69) is 26.2 Å². The van der Waals surface area contributed by atoms with Gasteiger partial charge in [0.05, 0.1) is 16.7 Å². The number of carbonyl (C=O) groups is 2. The van der Waals surface area contributed by atoms with Crippen LogP contribution in [0.15, 0.2) is 41.3 Å². The van der Waals surface area contributed by atoms with E-state index < -0.39 is 11.9 Å². The summed E-state index contributed by atoms with van der Waals surface area (Å²) in [5.74, 6) is -0.145. The average Bonchev–Trinajstić information content (AvgIpc) is 3.10. The number of anilines is 2. The summed E-state index contributed by atoms with van der Waals surface area (Å²) in [5, 5.41) is 2.38. The van der Waals surface area contributed by atoms with Gasteiger partial charge in [-0.05, 0) is 48.4 Å². The first-order chi connectivity index (χ1) is 17.3. The molecule has 5 heterocycles. The standard InChI is InChI=1S/C26H31N7O3/c1-30-23-18(3-2-4-19(23)33(25(30)36)20-6-8-22(34)29-24(20)35)32-11-9-26(10-12-32)15-31(16-26)14-17-5-7-21(27)28-13-17/h2-5,7,13,20H,6,8-12,14-16H2,1H3,(H2,27,28)(H,29,34,35)/t20-/m0/s1. The number of fused-ring (bicyclic) bond motifs is 1. The maximum Gasteiger partial charge on any atom is 0.329 e. The molecule has 0 unspecified atom stereocenters. The van der Waals surface area contributed by atoms with Crippen molar-refractivity contribution in [1.82, 2.24) is 24.3 Å². The molecular weight excluding hydrogens is 458 g/mol. The molecule has 3 aromatic rings. The summed E-state index contributed by atoms with van der Waals surface area (Å²) in [5.41, 5.74) is 9.60. The molecule has 3 N–H and O–H groups in total. The van der Waals surface area contributed by atoms with E-state index in [0.29, 0.717) is 17.7 Å². The van der Waals surface area contributed by atoms with Gasteiger partial charge in [-0.15, -0.1) is 0 Å². The molecule has 0 bridgehead atoms. The minimum absolute atomic E-state index is 0.229. The number of nitrogen functional groups attached to an aromatic ring is 1. The number of nitrogens with zero attached hydrogens (tertiary/aromatic N) is 5. The van der Waals surface area contributed by atoms with E-state index in [1.165, 1.54) is 5.56 Å². The molecule has 3 aliphatic heterocycles. The summed E-state index contributed by atoms with van der Waals surface area (Å²) in [7, 11) is 1.76. The molecule has 6 rings (SSSR count). The van der Waals surface area contributed by atoms with Gasteiger partial charge >= 0.3 is 5.69 Å². The summed E-state index contributed by atoms with van der Waals surface area (Å²) in [4.78, 5) is 46.4. The first kappa shape index (κ1) is 22.8. The van der Waals surface area contributed by atoms with Gasteiger partial charge in [0, 0.05) is 52.4 Å². The zero-order chi connectivity index (χ0) is 25.0. The lowest BCUT2D eigenvalue weighted by Crippen LogP contribution is -2.59. The predicted molar refractivity (Wildman–Crippen MR) is 136 cm³/mol. The second kappa shape index (κ2) is 8.48. The lowest BCUT2D eigenvalue weighted by atomic mass is 9.72. The van der Waals surface area contributed by atoms with Crippen molar-refractivity contribution in [2.75, 3.05) is 36.8 Å². The molecule has 1 aromatic carbocycles. The van der Waals surface area contributed by atoms with Crippen molar-refractivity contribution in [3.8, 4) is 0 Å². The van der Waals surface area contributed by atoms with E-state index in [1.54, 1.807) is 16.2 Å². The van der Waals surface area contributed by atoms with Gasteiger partial charge in [-0.1, -0.05) is 12.1 Å². The van der Waals surface area contributed by atoms with E-state index in [-0.39, 0.29) is 18.0 Å². The van der Waals surface area contributed by atoms with Crippen LogP contribution >= 0.6 is 0 Å². The number of para-hydroxylation sites is 1. The second-order valence-corrected chi connectivity index (χ2v) is 10.5. The zero-order valence-corrected chi connectivity index (χ0v) is 20.4. The number of imide groups is 1. The average molecular weight is 490 g/mol. The molecule has 0 radical (unpaired) electrons. The van der Waals surface area contributed by atoms with Crippen LogP contribution in [0.2, 0.25) is 0 Å². The van der Waals surface area contributed by atoms with Crippen molar-refractivity contribution < 1.29 is 9.59 Å². The largest absolute Gasteiger partial charge is 0.384 e. The minimum Gasteiger partial charge on any atom is -0.384 e. The highest BCUT2D eigenvalue weighted by molar-refractivity contribution is 6.00. The van der Waals surface area contributed by atoms with Gasteiger partial charge in [0.15, 0.2) is 0 Å². The van der Waals surface area contributed by atoms with Crippen LogP contribution in [0.4, 0.5) is 11.5 Å². The van der Waals surface area contributed by atoms with Crippen LogP contribution in [0.1, 0.15) is 37.3 Å². The van der Waals surface area contributed by atoms with Gasteiger partial charge in [-0.2, -0.15) is 0 Å². The Labute approximate surface area is 208 Å². The van der Waals surface area contributed by atoms with Gasteiger partial charge in [0.1, 0.15) is 11.9 Å². The van der Waals surface area contributed by atoms with Crippen molar-refractivity contribution in [1.29, 1.82) is 0 Å². The number of aromatic nitrogens is 3. The van der Waals surface area contributed by atoms with Gasteiger partial charge in [0.2, 0.25) is 11.8 Å². The highest BCUT2D eigenvalue weighted by Crippen LogP contribution is 2.43. The number of hydrogen-bond acceptors (Lipinski definition) is 7. The van der Waals surface area contributed by atoms with Crippen LogP contribution in [0, 0.1) is 5.41 Å². The molecule has 0 aliphatic carbocycles. The zero-order valence-electron chi connectivity index (χ0n) is 20.4. The normalized spacial score (nSPS) is 22.1. The number of carbonyl (C=O) groups excluding carboxylic acids is 2. The fourth-order valence-corrected chi connectivity index (χ4v) is 6.24. The summed E-state index contributed by atoms with van der Waals surface area (Å²) in [6, 6.07) is 9.14. The summed E-state index contributed by atoms with van der Waals surface area (Å²) in [6.07, 6.45) is 4.63. The van der Waals surface area contributed by atoms with Crippen LogP contribution < -0.4 is 21.6 Å². The molecule has 2 aromatic heterocycles. The Morgan fingerprint density at radius 1 is 1.11 bits per heavy atom. The molecule has 10 nitrogen and oxygen atoms in total. The topological polar surface area (TPSA) is 118 Å². The van der Waals surface area contributed by atoms with E-state index in [4.69, 9.17) is 5.73 Å². The monoisotopic (exact) mass is 489 g/mol. The fourth-order valence-electron chi connectivity index (χ4n) is 6.24. The van der Waals surface area contributed by atoms with Crippen LogP contribution in [0.3, 0.4) is 0 Å². The molecule has 36 heavy (non-hydrogen) atoms. The van der Waals surface area contributed by atoms with Crippen LogP contribution in [0.5, 0.6) is 0 Å². The molecule has 3 fully saturated rings. The number of benzene rings is 1. The number of piperidine rings is 2. The highest BCUT2D eigenvalue weighted by atomic mass is 16.2. The first-order valence-electron chi connectivity index (χ1n) is 12.5. The number of nitrogens with one attached hydrogen (secondary N) is 1. The van der Waals surface area contributed by atoms with Crippen molar-refractivity contribution in [2.45, 2.75) is 38.3 Å². The molecular formula is C26H31N7O3. The predicted octanol–water partition coefficient (Wildman–Crippen LogP) is 1.40. The van der Waals surface area contributed by atoms with E-state index >= 15 is 0 Å². The Bertz CT molecular complexity index is 1390. The number of likely N-dealkylation sites (tertiary alicyclic amines) is 1. The van der Waals surface area contributed by atoms with Gasteiger partial charge in [-0.3, -0.25) is 28.9 Å². The SMILES string of the molecule is Cn1c(=O)n([C@H]2CCC(=O)NC2=O)c2cccc(N3CCC4(CC3)CN(Cc3ccc(N)nc3)C4)c21. The molecule has 2 amide bonds. The lowest BCUT2D eigenvalue weighted by Gasteiger charge is -2.54. The Morgan fingerprint density at radius 2 is 1.89 bits per heavy atom. The Balaban J connectivity index is 1.18. The third-order valence-electron chi connectivity index (χ3n) is 8.14. The summed E-state index contributed by atoms with van der Waals surface area (Å²) in [6.45, 7) is 4.91. The number of pyridine rings is 1. The van der Waals surface area contributed by atoms with Crippen molar-refractivity contribution in [2.24, 2.45) is 12.5 Å². The number of amides is 2. The molecule has 1 atom stereocenters. The second-order valence-electron chi connectivity index (χ2n) is 10.5. The van der Waals surface area contributed by atoms with E-state index in [1.807, 2.05) is 30.5 Å². The van der Waals surface area contributed by atoms with Gasteiger partial charge in [0.25, 0.3) is 0 Å². The van der Waals surface area contributed by atoms with Gasteiger partial charge < -0.3 is 10.6 Å². The molecule has 3 saturated heterocycles. The Morgan fingerprint density at radius 3 is 2.58 bits per heavy atom. The van der Waals surface area contributed by atoms with E-state index in [9.17, 15) is 14.4 Å².